The molecular weight excluding hydrogens is 262 g/mol. The number of amides is 1. The lowest BCUT2D eigenvalue weighted by molar-refractivity contribution is -0.135. The lowest BCUT2D eigenvalue weighted by Gasteiger charge is -2.43. The standard InChI is InChI=1S/C17H25N3O/c18-14-17(7-4-8-17)13-16(21)20-11-9-19(10-12-20)15-5-2-1-3-6-15/h1-3,5-6H,4,7-14,18H2. The van der Waals surface area contributed by atoms with Crippen LogP contribution in [-0.4, -0.2) is 43.5 Å². The molecule has 2 N–H and O–H groups in total. The number of carbonyl (C=O) groups is 1. The number of nitrogens with two attached hydrogens (primary N) is 1. The molecule has 0 atom stereocenters. The van der Waals surface area contributed by atoms with Crippen LogP contribution in [0, 0.1) is 5.41 Å². The summed E-state index contributed by atoms with van der Waals surface area (Å²) in [4.78, 5) is 16.8. The Hall–Kier alpha value is -1.55. The first kappa shape index (κ1) is 14.4. The van der Waals surface area contributed by atoms with E-state index in [1.54, 1.807) is 0 Å². The molecule has 2 fully saturated rings. The van der Waals surface area contributed by atoms with Gasteiger partial charge in [0, 0.05) is 38.3 Å². The van der Waals surface area contributed by atoms with Crippen LogP contribution in [0.2, 0.25) is 0 Å². The van der Waals surface area contributed by atoms with E-state index < -0.39 is 0 Å². The number of piperazine rings is 1. The van der Waals surface area contributed by atoms with E-state index in [1.165, 1.54) is 12.1 Å². The Labute approximate surface area is 126 Å². The van der Waals surface area contributed by atoms with Crippen molar-refractivity contribution in [3.63, 3.8) is 0 Å². The first-order valence-corrected chi connectivity index (χ1v) is 8.00. The van der Waals surface area contributed by atoms with Crippen LogP contribution in [0.15, 0.2) is 30.3 Å². The van der Waals surface area contributed by atoms with E-state index in [-0.39, 0.29) is 5.41 Å². The van der Waals surface area contributed by atoms with Gasteiger partial charge in [-0.25, -0.2) is 0 Å². The quantitative estimate of drug-likeness (QED) is 0.919. The van der Waals surface area contributed by atoms with E-state index in [0.717, 1.165) is 39.0 Å². The second kappa shape index (κ2) is 6.06. The number of nitrogens with zero attached hydrogens (tertiary/aromatic N) is 2. The molecule has 1 saturated heterocycles. The molecule has 21 heavy (non-hydrogen) atoms. The Bertz CT molecular complexity index is 471. The number of anilines is 1. The first-order chi connectivity index (χ1) is 10.2. The molecule has 1 aliphatic carbocycles. The summed E-state index contributed by atoms with van der Waals surface area (Å²) in [6.45, 7) is 4.15. The third-order valence-corrected chi connectivity index (χ3v) is 5.13. The van der Waals surface area contributed by atoms with Crippen LogP contribution in [0.5, 0.6) is 0 Å². The van der Waals surface area contributed by atoms with Crippen molar-refractivity contribution in [3.05, 3.63) is 30.3 Å². The van der Waals surface area contributed by atoms with Gasteiger partial charge in [0.15, 0.2) is 0 Å². The molecule has 1 amide bonds. The molecule has 4 nitrogen and oxygen atoms in total. The number of para-hydroxylation sites is 1. The smallest absolute Gasteiger partial charge is 0.223 e. The van der Waals surface area contributed by atoms with E-state index in [2.05, 4.69) is 29.2 Å². The van der Waals surface area contributed by atoms with Crippen LogP contribution in [0.4, 0.5) is 5.69 Å². The van der Waals surface area contributed by atoms with Gasteiger partial charge in [-0.05, 0) is 36.9 Å². The Morgan fingerprint density at radius 3 is 2.29 bits per heavy atom. The van der Waals surface area contributed by atoms with Gasteiger partial charge in [0.1, 0.15) is 0 Å². The van der Waals surface area contributed by atoms with Crippen molar-refractivity contribution in [2.75, 3.05) is 37.6 Å². The predicted molar refractivity (Wildman–Crippen MR) is 85.2 cm³/mol. The highest BCUT2D eigenvalue weighted by atomic mass is 16.2. The van der Waals surface area contributed by atoms with E-state index in [1.807, 2.05) is 11.0 Å². The van der Waals surface area contributed by atoms with Gasteiger partial charge >= 0.3 is 0 Å². The molecule has 1 aromatic carbocycles. The van der Waals surface area contributed by atoms with Crippen LogP contribution in [0.3, 0.4) is 0 Å². The maximum Gasteiger partial charge on any atom is 0.223 e. The number of hydrogen-bond donors (Lipinski definition) is 1. The Balaban J connectivity index is 1.52. The van der Waals surface area contributed by atoms with Gasteiger partial charge in [0.2, 0.25) is 5.91 Å². The highest BCUT2D eigenvalue weighted by molar-refractivity contribution is 5.77. The summed E-state index contributed by atoms with van der Waals surface area (Å²) < 4.78 is 0. The zero-order chi connectivity index (χ0) is 14.7. The maximum atomic E-state index is 12.5. The fourth-order valence-electron chi connectivity index (χ4n) is 3.42. The second-order valence-corrected chi connectivity index (χ2v) is 6.44. The average Bonchev–Trinajstić information content (AvgIpc) is 2.52. The van der Waals surface area contributed by atoms with Crippen LogP contribution in [-0.2, 0) is 4.79 Å². The fraction of sp³-hybridized carbons (Fsp3) is 0.588. The monoisotopic (exact) mass is 287 g/mol. The molecule has 0 unspecified atom stereocenters. The molecule has 1 heterocycles. The van der Waals surface area contributed by atoms with Crippen molar-refractivity contribution in [2.24, 2.45) is 11.1 Å². The van der Waals surface area contributed by atoms with Crippen molar-refractivity contribution in [1.82, 2.24) is 4.90 Å². The molecular formula is C17H25N3O. The second-order valence-electron chi connectivity index (χ2n) is 6.44. The molecule has 0 bridgehead atoms. The van der Waals surface area contributed by atoms with Gasteiger partial charge in [0.25, 0.3) is 0 Å². The van der Waals surface area contributed by atoms with Crippen molar-refractivity contribution in [3.8, 4) is 0 Å². The van der Waals surface area contributed by atoms with Crippen LogP contribution >= 0.6 is 0 Å². The summed E-state index contributed by atoms with van der Waals surface area (Å²) in [5.74, 6) is 0.299. The molecule has 114 valence electrons. The number of benzene rings is 1. The summed E-state index contributed by atoms with van der Waals surface area (Å²) in [6.07, 6.45) is 4.12. The van der Waals surface area contributed by atoms with E-state index in [0.29, 0.717) is 18.9 Å². The van der Waals surface area contributed by atoms with Crippen LogP contribution < -0.4 is 10.6 Å². The Morgan fingerprint density at radius 1 is 1.10 bits per heavy atom. The summed E-state index contributed by atoms with van der Waals surface area (Å²) in [6, 6.07) is 10.4. The van der Waals surface area contributed by atoms with E-state index >= 15 is 0 Å². The lowest BCUT2D eigenvalue weighted by atomic mass is 9.66. The Kier molecular flexibility index (Phi) is 4.15. The minimum atomic E-state index is 0.119. The van der Waals surface area contributed by atoms with E-state index in [4.69, 9.17) is 5.73 Å². The zero-order valence-electron chi connectivity index (χ0n) is 12.6. The summed E-state index contributed by atoms with van der Waals surface area (Å²) >= 11 is 0. The maximum absolute atomic E-state index is 12.5. The molecule has 3 rings (SSSR count). The highest BCUT2D eigenvalue weighted by Crippen LogP contribution is 2.43. The summed E-state index contributed by atoms with van der Waals surface area (Å²) in [5.41, 5.74) is 7.24. The van der Waals surface area contributed by atoms with E-state index in [9.17, 15) is 4.79 Å². The van der Waals surface area contributed by atoms with Gasteiger partial charge in [-0.15, -0.1) is 0 Å². The number of rotatable bonds is 4. The first-order valence-electron chi connectivity index (χ1n) is 8.00. The molecule has 1 saturated carbocycles. The fourth-order valence-corrected chi connectivity index (χ4v) is 3.42. The number of hydrogen-bond acceptors (Lipinski definition) is 3. The minimum Gasteiger partial charge on any atom is -0.368 e. The minimum absolute atomic E-state index is 0.119. The highest BCUT2D eigenvalue weighted by Gasteiger charge is 2.38. The number of carbonyl (C=O) groups excluding carboxylic acids is 1. The SMILES string of the molecule is NCC1(CC(=O)N2CCN(c3ccccc3)CC2)CCC1. The zero-order valence-corrected chi connectivity index (χ0v) is 12.6. The lowest BCUT2D eigenvalue weighted by Crippen LogP contribution is -2.51. The molecule has 4 heteroatoms. The molecule has 1 aromatic rings. The summed E-state index contributed by atoms with van der Waals surface area (Å²) in [7, 11) is 0. The molecule has 0 aromatic heterocycles. The Morgan fingerprint density at radius 2 is 1.76 bits per heavy atom. The van der Waals surface area contributed by atoms with Gasteiger partial charge in [-0.1, -0.05) is 24.6 Å². The molecule has 0 spiro atoms. The van der Waals surface area contributed by atoms with Crippen molar-refractivity contribution in [1.29, 1.82) is 0 Å². The topological polar surface area (TPSA) is 49.6 Å². The third-order valence-electron chi connectivity index (χ3n) is 5.13. The third kappa shape index (κ3) is 3.05. The largest absolute Gasteiger partial charge is 0.368 e. The van der Waals surface area contributed by atoms with Crippen LogP contribution in [0.25, 0.3) is 0 Å². The van der Waals surface area contributed by atoms with Gasteiger partial charge < -0.3 is 15.5 Å². The van der Waals surface area contributed by atoms with Gasteiger partial charge in [-0.2, -0.15) is 0 Å². The van der Waals surface area contributed by atoms with Gasteiger partial charge in [-0.3, -0.25) is 4.79 Å². The normalized spacial score (nSPS) is 21.0. The average molecular weight is 287 g/mol. The van der Waals surface area contributed by atoms with Crippen LogP contribution in [0.1, 0.15) is 25.7 Å². The molecule has 2 aliphatic rings. The van der Waals surface area contributed by atoms with Crippen molar-refractivity contribution < 1.29 is 4.79 Å². The summed E-state index contributed by atoms with van der Waals surface area (Å²) in [5, 5.41) is 0. The predicted octanol–water partition coefficient (Wildman–Crippen LogP) is 1.85. The van der Waals surface area contributed by atoms with Crippen molar-refractivity contribution >= 4 is 11.6 Å². The molecule has 0 radical (unpaired) electrons. The molecule has 1 aliphatic heterocycles. The van der Waals surface area contributed by atoms with Gasteiger partial charge in [0.05, 0.1) is 0 Å². The van der Waals surface area contributed by atoms with Crippen molar-refractivity contribution in [2.45, 2.75) is 25.7 Å².